The van der Waals surface area contributed by atoms with Crippen LogP contribution in [0.5, 0.6) is 0 Å². The van der Waals surface area contributed by atoms with E-state index in [4.69, 9.17) is 0 Å². The van der Waals surface area contributed by atoms with Crippen LogP contribution in [-0.2, 0) is 12.8 Å². The predicted molar refractivity (Wildman–Crippen MR) is 178 cm³/mol. The molecule has 0 spiro atoms. The molecule has 0 aliphatic heterocycles. The molecule has 0 atom stereocenters. The summed E-state index contributed by atoms with van der Waals surface area (Å²) in [6.07, 6.45) is 18.8. The van der Waals surface area contributed by atoms with Gasteiger partial charge < -0.3 is 0 Å². The zero-order valence-corrected chi connectivity index (χ0v) is 27.3. The van der Waals surface area contributed by atoms with E-state index in [1.807, 2.05) is 45.3 Å². The van der Waals surface area contributed by atoms with Gasteiger partial charge in [-0.25, -0.2) is 0 Å². The number of hydrogen-bond acceptors (Lipinski definition) is 4. The monoisotopic (exact) mass is 582 g/mol. The van der Waals surface area contributed by atoms with Crippen LogP contribution in [0.3, 0.4) is 0 Å². The zero-order valence-electron chi connectivity index (χ0n) is 24.0. The second-order valence-corrected chi connectivity index (χ2v) is 15.5. The SMILES string of the molecule is CCCCCCCCc1cc(C)sc1-c1ccc(-c2ccc(-c3sc(C)cc3CCCCCCCC)s2)s1. The van der Waals surface area contributed by atoms with Crippen LogP contribution in [-0.4, -0.2) is 0 Å². The number of unbranched alkanes of at least 4 members (excludes halogenated alkanes) is 10. The third-order valence-corrected chi connectivity index (χ3v) is 12.3. The molecular formula is C34H46S4. The van der Waals surface area contributed by atoms with Crippen LogP contribution in [0.25, 0.3) is 29.3 Å². The van der Waals surface area contributed by atoms with Crippen molar-refractivity contribution in [3.8, 4) is 29.3 Å². The van der Waals surface area contributed by atoms with Crippen LogP contribution in [0.4, 0.5) is 0 Å². The summed E-state index contributed by atoms with van der Waals surface area (Å²) >= 11 is 7.93. The van der Waals surface area contributed by atoms with Crippen molar-refractivity contribution in [2.24, 2.45) is 0 Å². The van der Waals surface area contributed by atoms with E-state index in [0.29, 0.717) is 0 Å². The Kier molecular flexibility index (Phi) is 12.2. The van der Waals surface area contributed by atoms with Gasteiger partial charge in [0.25, 0.3) is 0 Å². The lowest BCUT2D eigenvalue weighted by Gasteiger charge is -2.03. The highest BCUT2D eigenvalue weighted by molar-refractivity contribution is 7.28. The normalized spacial score (nSPS) is 11.6. The first kappa shape index (κ1) is 29.8. The Morgan fingerprint density at radius 1 is 0.447 bits per heavy atom. The number of hydrogen-bond donors (Lipinski definition) is 0. The highest BCUT2D eigenvalue weighted by atomic mass is 32.1. The van der Waals surface area contributed by atoms with Gasteiger partial charge in [0.15, 0.2) is 0 Å². The molecule has 0 bridgehead atoms. The van der Waals surface area contributed by atoms with Crippen LogP contribution in [0.2, 0.25) is 0 Å². The minimum atomic E-state index is 1.22. The Morgan fingerprint density at radius 3 is 1.24 bits per heavy atom. The van der Waals surface area contributed by atoms with Crippen molar-refractivity contribution in [3.05, 3.63) is 57.3 Å². The van der Waals surface area contributed by atoms with E-state index in [0.717, 1.165) is 0 Å². The lowest BCUT2D eigenvalue weighted by Crippen LogP contribution is -1.86. The largest absolute Gasteiger partial charge is 0.139 e. The van der Waals surface area contributed by atoms with Crippen molar-refractivity contribution in [2.75, 3.05) is 0 Å². The molecule has 0 aliphatic carbocycles. The molecule has 0 aromatic carbocycles. The van der Waals surface area contributed by atoms with Crippen molar-refractivity contribution in [1.29, 1.82) is 0 Å². The van der Waals surface area contributed by atoms with E-state index in [1.54, 1.807) is 11.1 Å². The number of aryl methyl sites for hydroxylation is 4. The summed E-state index contributed by atoms with van der Waals surface area (Å²) in [5.74, 6) is 0. The molecule has 0 N–H and O–H groups in total. The molecule has 0 radical (unpaired) electrons. The molecule has 4 aromatic rings. The van der Waals surface area contributed by atoms with Gasteiger partial charge in [0.2, 0.25) is 0 Å². The number of rotatable bonds is 17. The van der Waals surface area contributed by atoms with Gasteiger partial charge in [0.05, 0.1) is 0 Å². The molecule has 0 aliphatic rings. The second kappa shape index (κ2) is 15.6. The molecule has 0 unspecified atom stereocenters. The van der Waals surface area contributed by atoms with E-state index in [2.05, 4.69) is 64.1 Å². The average molecular weight is 583 g/mol. The van der Waals surface area contributed by atoms with Crippen molar-refractivity contribution < 1.29 is 0 Å². The molecule has 0 nitrogen and oxygen atoms in total. The molecule has 4 rings (SSSR count). The van der Waals surface area contributed by atoms with Crippen LogP contribution in [0.15, 0.2) is 36.4 Å². The maximum absolute atomic E-state index is 2.44. The molecule has 38 heavy (non-hydrogen) atoms. The van der Waals surface area contributed by atoms with Crippen LogP contribution in [0.1, 0.15) is 112 Å². The summed E-state index contributed by atoms with van der Waals surface area (Å²) in [7, 11) is 0. The van der Waals surface area contributed by atoms with Crippen molar-refractivity contribution in [1.82, 2.24) is 0 Å². The minimum absolute atomic E-state index is 1.22. The van der Waals surface area contributed by atoms with Gasteiger partial charge in [-0.05, 0) is 87.1 Å². The topological polar surface area (TPSA) is 0 Å². The van der Waals surface area contributed by atoms with Gasteiger partial charge in [0, 0.05) is 39.0 Å². The predicted octanol–water partition coefficient (Wildman–Crippen LogP) is 13.4. The fourth-order valence-electron chi connectivity index (χ4n) is 5.30. The fourth-order valence-corrected chi connectivity index (χ4v) is 9.82. The van der Waals surface area contributed by atoms with Gasteiger partial charge in [-0.2, -0.15) is 0 Å². The molecule has 4 heterocycles. The van der Waals surface area contributed by atoms with Crippen LogP contribution >= 0.6 is 45.3 Å². The second-order valence-electron chi connectivity index (χ2n) is 10.8. The third-order valence-electron chi connectivity index (χ3n) is 7.37. The quantitative estimate of drug-likeness (QED) is 0.109. The Bertz CT molecular complexity index is 1130. The van der Waals surface area contributed by atoms with Crippen molar-refractivity contribution >= 4 is 45.3 Å². The summed E-state index contributed by atoms with van der Waals surface area (Å²) in [5.41, 5.74) is 3.13. The maximum atomic E-state index is 2.44. The van der Waals surface area contributed by atoms with E-state index in [-0.39, 0.29) is 0 Å². The molecule has 4 aromatic heterocycles. The van der Waals surface area contributed by atoms with Crippen molar-refractivity contribution in [3.63, 3.8) is 0 Å². The summed E-state index contributed by atoms with van der Waals surface area (Å²) < 4.78 is 0. The Morgan fingerprint density at radius 2 is 0.816 bits per heavy atom. The molecule has 0 saturated carbocycles. The van der Waals surface area contributed by atoms with Crippen LogP contribution < -0.4 is 0 Å². The first-order valence-corrected chi connectivity index (χ1v) is 18.2. The molecule has 4 heteroatoms. The Hall–Kier alpha value is -1.20. The minimum Gasteiger partial charge on any atom is -0.139 e. The highest BCUT2D eigenvalue weighted by Crippen LogP contribution is 2.45. The third kappa shape index (κ3) is 8.40. The molecule has 0 saturated heterocycles. The van der Waals surface area contributed by atoms with Crippen LogP contribution in [0, 0.1) is 13.8 Å². The van der Waals surface area contributed by atoms with Gasteiger partial charge >= 0.3 is 0 Å². The zero-order chi connectivity index (χ0) is 26.7. The van der Waals surface area contributed by atoms with Crippen molar-refractivity contribution in [2.45, 2.75) is 118 Å². The lowest BCUT2D eigenvalue weighted by molar-refractivity contribution is 0.608. The van der Waals surface area contributed by atoms with Gasteiger partial charge in [-0.15, -0.1) is 45.3 Å². The maximum Gasteiger partial charge on any atom is 0.0477 e. The smallest absolute Gasteiger partial charge is 0.0477 e. The highest BCUT2D eigenvalue weighted by Gasteiger charge is 2.16. The summed E-state index contributed by atoms with van der Waals surface area (Å²) in [6, 6.07) is 14.3. The van der Waals surface area contributed by atoms with E-state index in [1.165, 1.54) is 129 Å². The van der Waals surface area contributed by atoms with E-state index < -0.39 is 0 Å². The lowest BCUT2D eigenvalue weighted by atomic mass is 10.0. The summed E-state index contributed by atoms with van der Waals surface area (Å²) in [4.78, 5) is 11.6. The van der Waals surface area contributed by atoms with E-state index in [9.17, 15) is 0 Å². The van der Waals surface area contributed by atoms with Gasteiger partial charge in [0.1, 0.15) is 0 Å². The molecule has 206 valence electrons. The molecular weight excluding hydrogens is 537 g/mol. The standard InChI is InChI=1S/C34H46S4/c1-5-7-9-11-13-15-17-27-23-25(3)35-33(27)31-21-19-29(37-31)30-20-22-32(38-30)34-28(24-26(4)36-34)18-16-14-12-10-8-6-2/h19-24H,5-18H2,1-4H3. The first-order valence-electron chi connectivity index (χ1n) is 15.0. The fraction of sp³-hybridized carbons (Fsp3) is 0.529. The Labute approximate surface area is 248 Å². The molecule has 0 amide bonds. The van der Waals surface area contributed by atoms with Gasteiger partial charge in [-0.3, -0.25) is 0 Å². The van der Waals surface area contributed by atoms with E-state index >= 15 is 0 Å². The number of thiophene rings is 4. The van der Waals surface area contributed by atoms with Gasteiger partial charge in [-0.1, -0.05) is 78.1 Å². The summed E-state index contributed by atoms with van der Waals surface area (Å²) in [6.45, 7) is 9.13. The average Bonchev–Trinajstić information content (AvgIpc) is 3.69. The summed E-state index contributed by atoms with van der Waals surface area (Å²) in [5, 5.41) is 0. The first-order chi connectivity index (χ1) is 18.6. The molecule has 0 fully saturated rings. The Balaban J connectivity index is 1.40.